The molecular formula is C17H16O3. The van der Waals surface area contributed by atoms with Gasteiger partial charge < -0.3 is 4.74 Å². The van der Waals surface area contributed by atoms with Gasteiger partial charge in [-0.15, -0.1) is 0 Å². The van der Waals surface area contributed by atoms with Gasteiger partial charge >= 0.3 is 11.9 Å². The molecule has 0 saturated carbocycles. The molecule has 0 aliphatic heterocycles. The first-order valence-electron chi connectivity index (χ1n) is 6.38. The molecule has 0 spiro atoms. The van der Waals surface area contributed by atoms with Gasteiger partial charge in [0.15, 0.2) is 0 Å². The Morgan fingerprint density at radius 2 is 1.40 bits per heavy atom. The zero-order valence-electron chi connectivity index (χ0n) is 11.8. The molecular weight excluding hydrogens is 252 g/mol. The molecule has 2 rings (SSSR count). The summed E-state index contributed by atoms with van der Waals surface area (Å²) in [6.45, 7) is 5.64. The van der Waals surface area contributed by atoms with E-state index in [4.69, 9.17) is 4.74 Å². The van der Waals surface area contributed by atoms with E-state index in [2.05, 4.69) is 0 Å². The predicted octanol–water partition coefficient (Wildman–Crippen LogP) is 3.61. The normalized spacial score (nSPS) is 10.2. The number of hydrogen-bond donors (Lipinski definition) is 0. The van der Waals surface area contributed by atoms with Crippen LogP contribution in [0.2, 0.25) is 0 Å². The zero-order chi connectivity index (χ0) is 14.7. The van der Waals surface area contributed by atoms with E-state index in [1.807, 2.05) is 32.9 Å². The Morgan fingerprint density at radius 1 is 0.850 bits per heavy atom. The van der Waals surface area contributed by atoms with Crippen LogP contribution >= 0.6 is 0 Å². The average molecular weight is 268 g/mol. The highest BCUT2D eigenvalue weighted by atomic mass is 16.6. The van der Waals surface area contributed by atoms with Crippen LogP contribution in [-0.2, 0) is 4.74 Å². The zero-order valence-corrected chi connectivity index (χ0v) is 11.8. The molecule has 20 heavy (non-hydrogen) atoms. The van der Waals surface area contributed by atoms with Gasteiger partial charge in [0.05, 0.1) is 11.1 Å². The highest BCUT2D eigenvalue weighted by Gasteiger charge is 2.18. The Kier molecular flexibility index (Phi) is 3.99. The lowest BCUT2D eigenvalue weighted by atomic mass is 10.00. The van der Waals surface area contributed by atoms with Crippen molar-refractivity contribution < 1.29 is 14.3 Å². The molecule has 0 unspecified atom stereocenters. The first-order valence-corrected chi connectivity index (χ1v) is 6.38. The summed E-state index contributed by atoms with van der Waals surface area (Å²) in [5.41, 5.74) is 3.52. The molecule has 0 aromatic heterocycles. The number of rotatable bonds is 2. The average Bonchev–Trinajstić information content (AvgIpc) is 2.38. The Balaban J connectivity index is 2.24. The van der Waals surface area contributed by atoms with E-state index in [0.29, 0.717) is 11.1 Å². The maximum Gasteiger partial charge on any atom is 0.346 e. The summed E-state index contributed by atoms with van der Waals surface area (Å²) in [7, 11) is 0. The molecule has 0 fully saturated rings. The van der Waals surface area contributed by atoms with Crippen LogP contribution in [0.15, 0.2) is 42.5 Å². The van der Waals surface area contributed by atoms with Crippen molar-refractivity contribution in [2.24, 2.45) is 0 Å². The fourth-order valence-electron chi connectivity index (χ4n) is 2.27. The third-order valence-corrected chi connectivity index (χ3v) is 3.08. The minimum atomic E-state index is -0.630. The smallest absolute Gasteiger partial charge is 0.346 e. The third-order valence-electron chi connectivity index (χ3n) is 3.08. The maximum absolute atomic E-state index is 12.1. The molecule has 0 heterocycles. The van der Waals surface area contributed by atoms with E-state index in [-0.39, 0.29) is 0 Å². The summed E-state index contributed by atoms with van der Waals surface area (Å²) in [5.74, 6) is -1.23. The highest BCUT2D eigenvalue weighted by molar-refractivity contribution is 6.03. The largest absolute Gasteiger partial charge is 0.386 e. The van der Waals surface area contributed by atoms with Gasteiger partial charge in [-0.05, 0) is 44.0 Å². The SMILES string of the molecule is Cc1cc(C)c(C(=O)OC(=O)c2ccccc2)c(C)c1. The fourth-order valence-corrected chi connectivity index (χ4v) is 2.27. The van der Waals surface area contributed by atoms with Crippen molar-refractivity contribution in [2.45, 2.75) is 20.8 Å². The van der Waals surface area contributed by atoms with Crippen molar-refractivity contribution in [1.82, 2.24) is 0 Å². The number of hydrogen-bond acceptors (Lipinski definition) is 3. The van der Waals surface area contributed by atoms with Crippen LogP contribution in [0.3, 0.4) is 0 Å². The van der Waals surface area contributed by atoms with Crippen LogP contribution < -0.4 is 0 Å². The standard InChI is InChI=1S/C17H16O3/c1-11-9-12(2)15(13(3)10-11)17(19)20-16(18)14-7-5-4-6-8-14/h4-10H,1-3H3. The molecule has 0 aliphatic carbocycles. The lowest BCUT2D eigenvalue weighted by Crippen LogP contribution is -2.15. The summed E-state index contributed by atoms with van der Waals surface area (Å²) >= 11 is 0. The van der Waals surface area contributed by atoms with Crippen molar-refractivity contribution >= 4 is 11.9 Å². The Hall–Kier alpha value is -2.42. The molecule has 0 atom stereocenters. The van der Waals surface area contributed by atoms with Crippen molar-refractivity contribution in [3.63, 3.8) is 0 Å². The molecule has 3 heteroatoms. The summed E-state index contributed by atoms with van der Waals surface area (Å²) in [6, 6.07) is 12.3. The molecule has 0 N–H and O–H groups in total. The van der Waals surface area contributed by atoms with E-state index in [0.717, 1.165) is 16.7 Å². The van der Waals surface area contributed by atoms with Gasteiger partial charge in [0, 0.05) is 0 Å². The first kappa shape index (κ1) is 14.0. The lowest BCUT2D eigenvalue weighted by Gasteiger charge is -2.10. The first-order chi connectivity index (χ1) is 9.49. The van der Waals surface area contributed by atoms with Gasteiger partial charge in [-0.3, -0.25) is 0 Å². The second kappa shape index (κ2) is 5.70. The van der Waals surface area contributed by atoms with E-state index in [1.165, 1.54) is 0 Å². The monoisotopic (exact) mass is 268 g/mol. The summed E-state index contributed by atoms with van der Waals surface area (Å²) in [4.78, 5) is 24.0. The second-order valence-corrected chi connectivity index (χ2v) is 4.82. The van der Waals surface area contributed by atoms with Crippen molar-refractivity contribution in [2.75, 3.05) is 0 Å². The van der Waals surface area contributed by atoms with Crippen LogP contribution in [0.1, 0.15) is 37.4 Å². The number of carbonyl (C=O) groups is 2. The van der Waals surface area contributed by atoms with Gasteiger partial charge in [0.25, 0.3) is 0 Å². The Labute approximate surface area is 118 Å². The number of aryl methyl sites for hydroxylation is 3. The maximum atomic E-state index is 12.1. The minimum Gasteiger partial charge on any atom is -0.386 e. The highest BCUT2D eigenvalue weighted by Crippen LogP contribution is 2.18. The predicted molar refractivity (Wildman–Crippen MR) is 76.8 cm³/mol. The second-order valence-electron chi connectivity index (χ2n) is 4.82. The lowest BCUT2D eigenvalue weighted by molar-refractivity contribution is 0.0397. The Morgan fingerprint density at radius 3 is 1.95 bits per heavy atom. The molecule has 102 valence electrons. The fraction of sp³-hybridized carbons (Fsp3) is 0.176. The topological polar surface area (TPSA) is 43.4 Å². The van der Waals surface area contributed by atoms with E-state index < -0.39 is 11.9 Å². The van der Waals surface area contributed by atoms with Gasteiger partial charge in [-0.25, -0.2) is 9.59 Å². The van der Waals surface area contributed by atoms with Gasteiger partial charge in [-0.1, -0.05) is 35.9 Å². The van der Waals surface area contributed by atoms with Gasteiger partial charge in [0.1, 0.15) is 0 Å². The molecule has 3 nitrogen and oxygen atoms in total. The van der Waals surface area contributed by atoms with Crippen molar-refractivity contribution in [3.05, 3.63) is 70.3 Å². The molecule has 0 bridgehead atoms. The van der Waals surface area contributed by atoms with Crippen LogP contribution in [0.4, 0.5) is 0 Å². The third kappa shape index (κ3) is 2.94. The number of benzene rings is 2. The van der Waals surface area contributed by atoms with Crippen molar-refractivity contribution in [3.8, 4) is 0 Å². The molecule has 2 aromatic rings. The summed E-state index contributed by atoms with van der Waals surface area (Å²) in [5, 5.41) is 0. The van der Waals surface area contributed by atoms with Crippen molar-refractivity contribution in [1.29, 1.82) is 0 Å². The molecule has 2 aromatic carbocycles. The summed E-state index contributed by atoms with van der Waals surface area (Å²) in [6.07, 6.45) is 0. The Bertz CT molecular complexity index is 634. The minimum absolute atomic E-state index is 0.364. The molecule has 0 saturated heterocycles. The molecule has 0 aliphatic rings. The summed E-state index contributed by atoms with van der Waals surface area (Å²) < 4.78 is 4.95. The number of esters is 2. The van der Waals surface area contributed by atoms with E-state index in [1.54, 1.807) is 30.3 Å². The van der Waals surface area contributed by atoms with E-state index >= 15 is 0 Å². The quantitative estimate of drug-likeness (QED) is 0.617. The van der Waals surface area contributed by atoms with Gasteiger partial charge in [-0.2, -0.15) is 0 Å². The van der Waals surface area contributed by atoms with Crippen LogP contribution in [0, 0.1) is 20.8 Å². The van der Waals surface area contributed by atoms with Gasteiger partial charge in [0.2, 0.25) is 0 Å². The number of carbonyl (C=O) groups excluding carboxylic acids is 2. The number of ether oxygens (including phenoxy) is 1. The molecule has 0 radical (unpaired) electrons. The van der Waals surface area contributed by atoms with Crippen LogP contribution in [-0.4, -0.2) is 11.9 Å². The van der Waals surface area contributed by atoms with Crippen LogP contribution in [0.25, 0.3) is 0 Å². The van der Waals surface area contributed by atoms with Crippen LogP contribution in [0.5, 0.6) is 0 Å². The molecule has 0 amide bonds. The van der Waals surface area contributed by atoms with E-state index in [9.17, 15) is 9.59 Å².